The van der Waals surface area contributed by atoms with Crippen LogP contribution < -0.4 is 16.0 Å². The summed E-state index contributed by atoms with van der Waals surface area (Å²) in [4.78, 5) is 194. The molecule has 12 amide bonds. The Morgan fingerprint density at radius 1 is 0.660 bits per heavy atom. The Kier molecular flexibility index (Phi) is 30.0. The lowest BCUT2D eigenvalue weighted by Gasteiger charge is -2.54. The number of fused-ring (bicyclic) bond motifs is 3. The van der Waals surface area contributed by atoms with E-state index < -0.39 is 185 Å². The van der Waals surface area contributed by atoms with Crippen molar-refractivity contribution in [2.45, 2.75) is 275 Å². The van der Waals surface area contributed by atoms with Crippen LogP contribution in [0.3, 0.4) is 0 Å². The van der Waals surface area contributed by atoms with Gasteiger partial charge in [-0.05, 0) is 131 Å². The molecule has 598 valence electrons. The molecule has 6 fully saturated rings. The molecule has 25 nitrogen and oxygen atoms in total. The van der Waals surface area contributed by atoms with Crippen molar-refractivity contribution in [2.75, 3.05) is 89.2 Å². The first kappa shape index (κ1) is 86.7. The van der Waals surface area contributed by atoms with E-state index in [0.717, 1.165) is 43.4 Å². The molecule has 2 bridgehead atoms. The van der Waals surface area contributed by atoms with Gasteiger partial charge in [0.1, 0.15) is 53.9 Å². The zero-order chi connectivity index (χ0) is 78.8. The Labute approximate surface area is 631 Å². The summed E-state index contributed by atoms with van der Waals surface area (Å²) in [6.07, 6.45) is 5.01. The van der Waals surface area contributed by atoms with Crippen molar-refractivity contribution in [3.8, 4) is 0 Å². The predicted octanol–water partition coefficient (Wildman–Crippen LogP) is 6.91. The third kappa shape index (κ3) is 21.7. The fraction of sp³-hybridized carbons (Fsp3) is 0.818. The van der Waals surface area contributed by atoms with Gasteiger partial charge < -0.3 is 64.8 Å². The Morgan fingerprint density at radius 2 is 1.29 bits per heavy atom. The summed E-state index contributed by atoms with van der Waals surface area (Å²) in [6, 6.07) is -10.1. The number of ether oxygens (including phenoxy) is 1. The average Bonchev–Trinajstić information content (AvgIpc) is 0.809. The van der Waals surface area contributed by atoms with E-state index in [1.807, 2.05) is 47.6 Å². The molecule has 1 spiro atoms. The molecule has 3 heterocycles. The van der Waals surface area contributed by atoms with Gasteiger partial charge in [0.05, 0.1) is 31.5 Å². The second-order valence-electron chi connectivity index (χ2n) is 34.2. The van der Waals surface area contributed by atoms with Crippen LogP contribution >= 0.6 is 11.6 Å². The predicted molar refractivity (Wildman–Crippen MR) is 394 cm³/mol. The second-order valence-corrected chi connectivity index (χ2v) is 34.8. The highest BCUT2D eigenvalue weighted by molar-refractivity contribution is 6.21. The second kappa shape index (κ2) is 36.8. The van der Waals surface area contributed by atoms with E-state index in [2.05, 4.69) is 22.9 Å². The topological polar surface area (TPSA) is 279 Å². The lowest BCUT2D eigenvalue weighted by molar-refractivity contribution is -0.182. The number of carbonyl (C=O) groups is 12. The SMILES string of the molecule is CCC[C@H]1C(=O)N[C@@H](C2CCCC2)C(=O)N(C)CC(=O)N(C)[C@H]2C/C=C\CCN(C2=O)[C@@H](CC2CCC(C)CC2)C(=O)N(C)CC(=O)N[C@@H](CCC2CCC(C(F)(F)F)C(Cl)C2)C(=O)N2C[C@H](OCC)C[C@H]2C(=O)NC2(CC(C)(C)C2)C(=O)N(C)[C@@H](CC(C)(C)C)C(=O)N(C)[C@H](C(=O)N(C)C)CC(=O)N1C. The fourth-order valence-corrected chi connectivity index (χ4v) is 18.2. The van der Waals surface area contributed by atoms with Gasteiger partial charge in [-0.3, -0.25) is 57.5 Å². The number of carbonyl (C=O) groups excluding carboxylic acids is 12. The van der Waals surface area contributed by atoms with E-state index in [-0.39, 0.29) is 109 Å². The Hall–Kier alpha value is -6.58. The van der Waals surface area contributed by atoms with Crippen LogP contribution in [0.2, 0.25) is 0 Å². The highest BCUT2D eigenvalue weighted by atomic mass is 35.5. The highest BCUT2D eigenvalue weighted by Gasteiger charge is 2.59. The van der Waals surface area contributed by atoms with Crippen molar-refractivity contribution in [2.24, 2.45) is 40.4 Å². The number of nitrogens with zero attached hydrogens (tertiary/aromatic N) is 9. The molecule has 106 heavy (non-hydrogen) atoms. The maximum Gasteiger partial charge on any atom is 0.393 e. The Bertz CT molecular complexity index is 3180. The molecule has 3 unspecified atom stereocenters. The molecule has 12 atom stereocenters. The van der Waals surface area contributed by atoms with E-state index in [4.69, 9.17) is 16.3 Å². The van der Waals surface area contributed by atoms with Crippen LogP contribution in [0.5, 0.6) is 0 Å². The van der Waals surface area contributed by atoms with Crippen molar-refractivity contribution in [3.63, 3.8) is 0 Å². The highest BCUT2D eigenvalue weighted by Crippen LogP contribution is 2.50. The van der Waals surface area contributed by atoms with Crippen LogP contribution in [0.15, 0.2) is 12.2 Å². The van der Waals surface area contributed by atoms with Gasteiger partial charge in [-0.1, -0.05) is 106 Å². The van der Waals surface area contributed by atoms with Crippen molar-refractivity contribution < 1.29 is 75.4 Å². The minimum atomic E-state index is -4.53. The third-order valence-corrected chi connectivity index (χ3v) is 24.2. The molecule has 7 rings (SSSR count). The molecule has 3 N–H and O–H groups in total. The molecule has 4 saturated carbocycles. The van der Waals surface area contributed by atoms with Crippen LogP contribution in [0.4, 0.5) is 13.2 Å². The van der Waals surface area contributed by atoms with E-state index >= 15 is 28.8 Å². The van der Waals surface area contributed by atoms with Gasteiger partial charge in [0.25, 0.3) is 0 Å². The maximum absolute atomic E-state index is 15.7. The third-order valence-electron chi connectivity index (χ3n) is 23.7. The maximum atomic E-state index is 15.7. The standard InChI is InChI=1S/C77H124ClF3N12O13/c1-17-24-55-65(97)83-64(50-25-21-22-26-50)72(104)87(12)44-63(96)89(14)56-27-20-19-23-36-92(71(56)103)59(38-49-30-28-47(3)29-31-49)69(101)86(11)43-61(94)82-54(35-33-48-32-34-52(53(78)37-48)77(79,80)81)67(99)93-42-51(106-18-2)39-57(93)66(98)84-76(45-75(7,8)46-76)73(105)91(16)60(41-74(4,5)6)70(102)90(15)58(68(100)85(9)10)40-62(95)88(55)13/h19-20,47-60,64H,17-18,21-46H2,1-16H3,(H,82,94)(H,83,97)(H,84,98)/b20-19-/t47?,48?,49?,51-,52?,53?,54+,55+,56+,57+,58+,59+,60+,64+/m1/s1. The summed E-state index contributed by atoms with van der Waals surface area (Å²) in [5.74, 6) is -9.93. The van der Waals surface area contributed by atoms with E-state index in [9.17, 15) is 41.9 Å². The zero-order valence-electron chi connectivity index (χ0n) is 66.0. The van der Waals surface area contributed by atoms with E-state index in [1.165, 1.54) is 95.6 Å². The summed E-state index contributed by atoms with van der Waals surface area (Å²) in [5, 5.41) is 7.67. The summed E-state index contributed by atoms with van der Waals surface area (Å²) in [7, 11) is 11.5. The van der Waals surface area contributed by atoms with Crippen LogP contribution in [0, 0.1) is 40.4 Å². The van der Waals surface area contributed by atoms with Crippen molar-refractivity contribution in [1.82, 2.24) is 60.0 Å². The smallest absolute Gasteiger partial charge is 0.377 e. The average molecular weight is 1520 g/mol. The summed E-state index contributed by atoms with van der Waals surface area (Å²) < 4.78 is 48.6. The quantitative estimate of drug-likeness (QED) is 0.132. The van der Waals surface area contributed by atoms with E-state index in [0.29, 0.717) is 31.6 Å². The zero-order valence-corrected chi connectivity index (χ0v) is 66.7. The number of amides is 12. The van der Waals surface area contributed by atoms with Gasteiger partial charge in [-0.2, -0.15) is 13.2 Å². The molecule has 0 aromatic heterocycles. The van der Waals surface area contributed by atoms with Gasteiger partial charge in [0.2, 0.25) is 70.9 Å². The minimum Gasteiger partial charge on any atom is -0.377 e. The lowest BCUT2D eigenvalue weighted by Crippen LogP contribution is -2.71. The van der Waals surface area contributed by atoms with Gasteiger partial charge in [0, 0.05) is 87.9 Å². The van der Waals surface area contributed by atoms with Crippen LogP contribution in [-0.4, -0.2) is 276 Å². The lowest BCUT2D eigenvalue weighted by atomic mass is 9.58. The molecular formula is C77H124ClF3N12O13. The van der Waals surface area contributed by atoms with Crippen molar-refractivity contribution in [3.05, 3.63) is 12.2 Å². The monoisotopic (exact) mass is 1520 g/mol. The van der Waals surface area contributed by atoms with Crippen LogP contribution in [0.25, 0.3) is 0 Å². The van der Waals surface area contributed by atoms with Crippen molar-refractivity contribution in [1.29, 1.82) is 0 Å². The van der Waals surface area contributed by atoms with Gasteiger partial charge in [0.15, 0.2) is 0 Å². The number of halogens is 4. The Balaban J connectivity index is 1.33. The van der Waals surface area contributed by atoms with Gasteiger partial charge >= 0.3 is 6.18 Å². The molecule has 0 aromatic carbocycles. The van der Waals surface area contributed by atoms with Crippen LogP contribution in [-0.2, 0) is 62.3 Å². The molecule has 3 aliphatic heterocycles. The van der Waals surface area contributed by atoms with Gasteiger partial charge in [-0.25, -0.2) is 0 Å². The van der Waals surface area contributed by atoms with E-state index in [1.54, 1.807) is 13.0 Å². The summed E-state index contributed by atoms with van der Waals surface area (Å²) in [5.41, 5.74) is -2.87. The molecule has 29 heteroatoms. The number of alkyl halides is 4. The first-order valence-electron chi connectivity index (χ1n) is 38.8. The number of rotatable bonds is 12. The number of nitrogens with one attached hydrogen (secondary N) is 3. The fourth-order valence-electron chi connectivity index (χ4n) is 17.7. The molecule has 4 aliphatic carbocycles. The van der Waals surface area contributed by atoms with Gasteiger partial charge in [-0.15, -0.1) is 11.6 Å². The first-order chi connectivity index (χ1) is 49.5. The molecular weight excluding hydrogens is 1390 g/mol. The molecule has 2 saturated heterocycles. The minimum absolute atomic E-state index is 0.00443. The Morgan fingerprint density at radius 3 is 1.88 bits per heavy atom. The molecule has 0 aromatic rings. The molecule has 7 aliphatic rings. The number of likely N-dealkylation sites (N-methyl/N-ethyl adjacent to an activating group) is 7. The number of hydrogen-bond acceptors (Lipinski definition) is 13. The normalized spacial score (nSPS) is 31.8. The van der Waals surface area contributed by atoms with Crippen LogP contribution in [0.1, 0.15) is 203 Å². The summed E-state index contributed by atoms with van der Waals surface area (Å²) in [6.45, 7) is 14.2. The molecule has 0 radical (unpaired) electrons. The number of hydrogen-bond donors (Lipinski definition) is 3. The summed E-state index contributed by atoms with van der Waals surface area (Å²) >= 11 is 6.47. The largest absolute Gasteiger partial charge is 0.393 e. The first-order valence-corrected chi connectivity index (χ1v) is 39.2. The van der Waals surface area contributed by atoms with Crippen molar-refractivity contribution >= 4 is 82.5 Å².